The zero-order valence-corrected chi connectivity index (χ0v) is 16.1. The summed E-state index contributed by atoms with van der Waals surface area (Å²) in [4.78, 5) is 35.8. The number of nitrogens with one attached hydrogen (secondary N) is 1. The van der Waals surface area contributed by atoms with Gasteiger partial charge in [-0.15, -0.1) is 0 Å². The molecule has 6 heteroatoms. The Bertz CT molecular complexity index is 784. The lowest BCUT2D eigenvalue weighted by molar-refractivity contribution is -0.118. The first kappa shape index (κ1) is 19.1. The van der Waals surface area contributed by atoms with Crippen molar-refractivity contribution in [1.82, 2.24) is 0 Å². The van der Waals surface area contributed by atoms with Crippen LogP contribution in [-0.4, -0.2) is 24.3 Å². The van der Waals surface area contributed by atoms with Gasteiger partial charge in [-0.25, -0.2) is 4.79 Å². The Hall–Kier alpha value is -2.22. The number of Topliss-reactive ketones (excluding diaryl/α,β-unsaturated/α-hetero) is 1. The number of esters is 1. The lowest BCUT2D eigenvalue weighted by Gasteiger charge is -2.09. The van der Waals surface area contributed by atoms with Gasteiger partial charge in [-0.3, -0.25) is 9.59 Å². The molecule has 130 valence electrons. The summed E-state index contributed by atoms with van der Waals surface area (Å²) in [7, 11) is 0. The van der Waals surface area contributed by atoms with Gasteiger partial charge in [0.15, 0.2) is 12.4 Å². The molecule has 0 saturated carbocycles. The Kier molecular flexibility index (Phi) is 6.69. The fourth-order valence-electron chi connectivity index (χ4n) is 1.94. The molecule has 1 N–H and O–H groups in total. The lowest BCUT2D eigenvalue weighted by Crippen LogP contribution is -2.18. The predicted octanol–water partition coefficient (Wildman–Crippen LogP) is 3.93. The summed E-state index contributed by atoms with van der Waals surface area (Å²) in [5.74, 6) is -1.05. The van der Waals surface area contributed by atoms with Gasteiger partial charge in [0.2, 0.25) is 5.91 Å². The molecule has 2 aromatic carbocycles. The molecule has 0 radical (unpaired) electrons. The largest absolute Gasteiger partial charge is 0.454 e. The zero-order valence-electron chi connectivity index (χ0n) is 13.9. The van der Waals surface area contributed by atoms with Gasteiger partial charge in [0.1, 0.15) is 0 Å². The molecule has 0 unspecified atom stereocenters. The van der Waals surface area contributed by atoms with E-state index >= 15 is 0 Å². The lowest BCUT2D eigenvalue weighted by atomic mass is 10.1. The van der Waals surface area contributed by atoms with Gasteiger partial charge in [-0.05, 0) is 59.0 Å². The molecular formula is C19H18INO4. The number of ether oxygens (including phenoxy) is 1. The number of hydrogen-bond donors (Lipinski definition) is 1. The van der Waals surface area contributed by atoms with Crippen molar-refractivity contribution in [3.05, 3.63) is 63.2 Å². The standard InChI is InChI=1S/C19H18INO4/c1-12(2)18(23)21-14-9-7-13(8-10-14)17(22)11-25-19(24)15-5-3-4-6-16(15)20/h3-10,12H,11H2,1-2H3,(H,21,23). The quantitative estimate of drug-likeness (QED) is 0.411. The Morgan fingerprint density at radius 2 is 1.68 bits per heavy atom. The SMILES string of the molecule is CC(C)C(=O)Nc1ccc(C(=O)COC(=O)c2ccccc2I)cc1. The van der Waals surface area contributed by atoms with E-state index in [-0.39, 0.29) is 24.2 Å². The van der Waals surface area contributed by atoms with Gasteiger partial charge in [0.25, 0.3) is 0 Å². The van der Waals surface area contributed by atoms with Crippen LogP contribution in [0.3, 0.4) is 0 Å². The summed E-state index contributed by atoms with van der Waals surface area (Å²) in [5.41, 5.74) is 1.46. The van der Waals surface area contributed by atoms with Gasteiger partial charge in [0, 0.05) is 20.7 Å². The first-order valence-electron chi connectivity index (χ1n) is 7.74. The second-order valence-corrected chi connectivity index (χ2v) is 6.86. The minimum Gasteiger partial charge on any atom is -0.454 e. The molecule has 2 rings (SSSR count). The van der Waals surface area contributed by atoms with E-state index in [4.69, 9.17) is 4.74 Å². The second-order valence-electron chi connectivity index (χ2n) is 5.70. The smallest absolute Gasteiger partial charge is 0.339 e. The van der Waals surface area contributed by atoms with Crippen molar-refractivity contribution < 1.29 is 19.1 Å². The van der Waals surface area contributed by atoms with Crippen LogP contribution in [0.5, 0.6) is 0 Å². The number of rotatable bonds is 6. The fourth-order valence-corrected chi connectivity index (χ4v) is 2.55. The number of amides is 1. The predicted molar refractivity (Wildman–Crippen MR) is 104 cm³/mol. The first-order chi connectivity index (χ1) is 11.9. The third-order valence-electron chi connectivity index (χ3n) is 3.43. The van der Waals surface area contributed by atoms with E-state index in [1.54, 1.807) is 56.3 Å². The van der Waals surface area contributed by atoms with Gasteiger partial charge in [-0.2, -0.15) is 0 Å². The second kappa shape index (κ2) is 8.75. The van der Waals surface area contributed by atoms with Crippen LogP contribution in [0.15, 0.2) is 48.5 Å². The highest BCUT2D eigenvalue weighted by molar-refractivity contribution is 14.1. The molecule has 0 fully saturated rings. The van der Waals surface area contributed by atoms with E-state index in [2.05, 4.69) is 5.32 Å². The molecule has 0 spiro atoms. The van der Waals surface area contributed by atoms with Gasteiger partial charge in [0.05, 0.1) is 5.56 Å². The summed E-state index contributed by atoms with van der Waals surface area (Å²) in [6, 6.07) is 13.5. The van der Waals surface area contributed by atoms with Gasteiger partial charge >= 0.3 is 5.97 Å². The van der Waals surface area contributed by atoms with Crippen LogP contribution in [0.1, 0.15) is 34.6 Å². The van der Waals surface area contributed by atoms with Crippen LogP contribution in [0.4, 0.5) is 5.69 Å². The highest BCUT2D eigenvalue weighted by atomic mass is 127. The maximum Gasteiger partial charge on any atom is 0.339 e. The molecule has 0 saturated heterocycles. The van der Waals surface area contributed by atoms with Crippen LogP contribution in [0, 0.1) is 9.49 Å². The van der Waals surface area contributed by atoms with Crippen LogP contribution in [0.25, 0.3) is 0 Å². The van der Waals surface area contributed by atoms with Crippen molar-refractivity contribution in [2.45, 2.75) is 13.8 Å². The average Bonchev–Trinajstić information content (AvgIpc) is 2.60. The number of carbonyl (C=O) groups excluding carboxylic acids is 3. The third-order valence-corrected chi connectivity index (χ3v) is 4.37. The Labute approximate surface area is 159 Å². The molecule has 0 atom stereocenters. The highest BCUT2D eigenvalue weighted by Crippen LogP contribution is 2.14. The highest BCUT2D eigenvalue weighted by Gasteiger charge is 2.14. The molecule has 0 aliphatic rings. The Balaban J connectivity index is 1.94. The van der Waals surface area contributed by atoms with Crippen molar-refractivity contribution in [2.75, 3.05) is 11.9 Å². The Morgan fingerprint density at radius 3 is 2.28 bits per heavy atom. The van der Waals surface area contributed by atoms with E-state index in [9.17, 15) is 14.4 Å². The maximum absolute atomic E-state index is 12.1. The Morgan fingerprint density at radius 1 is 1.04 bits per heavy atom. The molecule has 1 amide bonds. The fraction of sp³-hybridized carbons (Fsp3) is 0.211. The number of benzene rings is 2. The van der Waals surface area contributed by atoms with Gasteiger partial charge in [-0.1, -0.05) is 26.0 Å². The molecule has 5 nitrogen and oxygen atoms in total. The molecule has 0 aliphatic carbocycles. The number of hydrogen-bond acceptors (Lipinski definition) is 4. The van der Waals surface area contributed by atoms with Crippen molar-refractivity contribution in [1.29, 1.82) is 0 Å². The van der Waals surface area contributed by atoms with Crippen LogP contribution >= 0.6 is 22.6 Å². The molecule has 0 heterocycles. The van der Waals surface area contributed by atoms with Crippen molar-refractivity contribution in [3.8, 4) is 0 Å². The normalized spacial score (nSPS) is 10.4. The monoisotopic (exact) mass is 451 g/mol. The summed E-state index contributed by atoms with van der Waals surface area (Å²) in [5, 5.41) is 2.75. The topological polar surface area (TPSA) is 72.5 Å². The summed E-state index contributed by atoms with van der Waals surface area (Å²) in [6.07, 6.45) is 0. The zero-order chi connectivity index (χ0) is 18.4. The number of halogens is 1. The molecule has 0 bridgehead atoms. The third kappa shape index (κ3) is 5.38. The molecule has 0 aromatic heterocycles. The molecule has 25 heavy (non-hydrogen) atoms. The first-order valence-corrected chi connectivity index (χ1v) is 8.82. The van der Waals surface area contributed by atoms with Gasteiger partial charge < -0.3 is 10.1 Å². The minimum absolute atomic E-state index is 0.0922. The van der Waals surface area contributed by atoms with Crippen LogP contribution in [0.2, 0.25) is 0 Å². The van der Waals surface area contributed by atoms with Crippen LogP contribution in [-0.2, 0) is 9.53 Å². The summed E-state index contributed by atoms with van der Waals surface area (Å²) in [6.45, 7) is 3.27. The van der Waals surface area contributed by atoms with Crippen LogP contribution < -0.4 is 5.32 Å². The number of carbonyl (C=O) groups is 3. The maximum atomic E-state index is 12.1. The number of anilines is 1. The average molecular weight is 451 g/mol. The molecular weight excluding hydrogens is 433 g/mol. The van der Waals surface area contributed by atoms with E-state index in [0.29, 0.717) is 16.8 Å². The number of ketones is 1. The van der Waals surface area contributed by atoms with E-state index in [1.807, 2.05) is 28.7 Å². The van der Waals surface area contributed by atoms with Crippen molar-refractivity contribution >= 4 is 45.9 Å². The van der Waals surface area contributed by atoms with Crippen molar-refractivity contribution in [3.63, 3.8) is 0 Å². The van der Waals surface area contributed by atoms with E-state index in [0.717, 1.165) is 3.57 Å². The van der Waals surface area contributed by atoms with E-state index in [1.165, 1.54) is 0 Å². The van der Waals surface area contributed by atoms with E-state index < -0.39 is 5.97 Å². The van der Waals surface area contributed by atoms with Crippen molar-refractivity contribution in [2.24, 2.45) is 5.92 Å². The summed E-state index contributed by atoms with van der Waals surface area (Å²) < 4.78 is 5.85. The summed E-state index contributed by atoms with van der Waals surface area (Å²) >= 11 is 2.04. The minimum atomic E-state index is -0.529. The molecule has 0 aliphatic heterocycles. The molecule has 2 aromatic rings.